The van der Waals surface area contributed by atoms with Gasteiger partial charge in [0.2, 0.25) is 0 Å². The first kappa shape index (κ1) is 29.7. The highest BCUT2D eigenvalue weighted by Gasteiger charge is 2.34. The Kier molecular flexibility index (Phi) is 8.95. The van der Waals surface area contributed by atoms with Crippen LogP contribution in [0.15, 0.2) is 16.9 Å². The van der Waals surface area contributed by atoms with Gasteiger partial charge in [-0.05, 0) is 84.8 Å². The lowest BCUT2D eigenvalue weighted by molar-refractivity contribution is -0.143. The summed E-state index contributed by atoms with van der Waals surface area (Å²) in [4.78, 5) is 39.2. The van der Waals surface area contributed by atoms with Gasteiger partial charge >= 0.3 is 12.1 Å². The molecule has 1 N–H and O–H groups in total. The molecular formula is C30H42FN3O6. The lowest BCUT2D eigenvalue weighted by atomic mass is 10.0. The molecule has 1 amide bonds. The molecule has 1 saturated heterocycles. The van der Waals surface area contributed by atoms with Gasteiger partial charge in [0.05, 0.1) is 24.4 Å². The summed E-state index contributed by atoms with van der Waals surface area (Å²) < 4.78 is 33.9. The van der Waals surface area contributed by atoms with E-state index in [0.717, 1.165) is 19.3 Å². The van der Waals surface area contributed by atoms with Crippen molar-refractivity contribution in [1.82, 2.24) is 9.88 Å². The summed E-state index contributed by atoms with van der Waals surface area (Å²) in [7, 11) is 0. The Balaban J connectivity index is 1.58. The average Bonchev–Trinajstić information content (AvgIpc) is 3.57. The molecule has 2 atom stereocenters. The van der Waals surface area contributed by atoms with E-state index in [1.165, 1.54) is 12.1 Å². The fourth-order valence-corrected chi connectivity index (χ4v) is 5.47. The molecule has 1 aromatic heterocycles. The summed E-state index contributed by atoms with van der Waals surface area (Å²) in [5.41, 5.74) is 1.11. The van der Waals surface area contributed by atoms with Gasteiger partial charge in [-0.2, -0.15) is 0 Å². The number of nitrogens with one attached hydrogen (secondary N) is 1. The Morgan fingerprint density at radius 3 is 2.58 bits per heavy atom. The topological polar surface area (TPSA) is 99.1 Å². The monoisotopic (exact) mass is 559 g/mol. The molecular weight excluding hydrogens is 517 g/mol. The molecule has 4 rings (SSSR count). The van der Waals surface area contributed by atoms with Crippen molar-refractivity contribution in [3.63, 3.8) is 0 Å². The summed E-state index contributed by atoms with van der Waals surface area (Å²) >= 11 is 0. The number of nitrogens with zero attached hydrogens (tertiary/aromatic N) is 2. The smallest absolute Gasteiger partial charge is 0.407 e. The molecule has 1 unspecified atom stereocenters. The normalized spacial score (nSPS) is 18.1. The number of aromatic nitrogens is 1. The van der Waals surface area contributed by atoms with Crippen molar-refractivity contribution < 1.29 is 28.2 Å². The molecule has 1 aromatic carbocycles. The van der Waals surface area contributed by atoms with Gasteiger partial charge in [0.25, 0.3) is 5.56 Å². The van der Waals surface area contributed by atoms with Crippen molar-refractivity contribution in [2.24, 2.45) is 5.92 Å². The average molecular weight is 560 g/mol. The number of hydrogen-bond donors (Lipinski definition) is 1. The first-order valence-corrected chi connectivity index (χ1v) is 14.3. The second-order valence-electron chi connectivity index (χ2n) is 11.9. The number of carbonyl (C=O) groups excluding carboxylic acids is 2. The number of esters is 1. The fraction of sp³-hybridized carbons (Fsp3) is 0.633. The van der Waals surface area contributed by atoms with Gasteiger partial charge in [-0.1, -0.05) is 0 Å². The zero-order chi connectivity index (χ0) is 29.2. The van der Waals surface area contributed by atoms with E-state index < -0.39 is 11.7 Å². The second kappa shape index (κ2) is 12.1. The van der Waals surface area contributed by atoms with E-state index in [4.69, 9.17) is 14.2 Å². The van der Waals surface area contributed by atoms with Gasteiger partial charge in [-0.25, -0.2) is 9.18 Å². The molecule has 0 spiro atoms. The first-order chi connectivity index (χ1) is 18.9. The molecule has 2 fully saturated rings. The molecule has 0 bridgehead atoms. The number of benzene rings is 1. The van der Waals surface area contributed by atoms with Crippen molar-refractivity contribution in [2.45, 2.75) is 91.3 Å². The molecule has 2 heterocycles. The molecule has 2 aliphatic rings. The maximum absolute atomic E-state index is 15.8. The molecule has 10 heteroatoms. The number of hydrogen-bond acceptors (Lipinski definition) is 7. The van der Waals surface area contributed by atoms with Gasteiger partial charge in [0.1, 0.15) is 17.2 Å². The van der Waals surface area contributed by atoms with Gasteiger partial charge in [0.15, 0.2) is 0 Å². The van der Waals surface area contributed by atoms with Gasteiger partial charge in [0, 0.05) is 43.0 Å². The van der Waals surface area contributed by atoms with E-state index in [-0.39, 0.29) is 48.4 Å². The third-order valence-corrected chi connectivity index (χ3v) is 7.45. The van der Waals surface area contributed by atoms with Crippen LogP contribution in [0.5, 0.6) is 5.75 Å². The molecule has 2 aromatic rings. The number of carbonyl (C=O) groups is 2. The number of fused-ring (bicyclic) bond motifs is 1. The minimum absolute atomic E-state index is 0.0919. The zero-order valence-electron chi connectivity index (χ0n) is 24.5. The third kappa shape index (κ3) is 6.88. The van der Waals surface area contributed by atoms with E-state index >= 15 is 4.39 Å². The Labute approximate surface area is 234 Å². The van der Waals surface area contributed by atoms with Crippen LogP contribution in [0.2, 0.25) is 0 Å². The van der Waals surface area contributed by atoms with Gasteiger partial charge in [-0.15, -0.1) is 0 Å². The number of pyridine rings is 1. The fourth-order valence-electron chi connectivity index (χ4n) is 5.47. The Bertz CT molecular complexity index is 1310. The van der Waals surface area contributed by atoms with Crippen LogP contribution in [0.4, 0.5) is 14.9 Å². The minimum Gasteiger partial charge on any atom is -0.493 e. The van der Waals surface area contributed by atoms with Crippen LogP contribution >= 0.6 is 0 Å². The molecule has 1 aliphatic carbocycles. The Hall–Kier alpha value is -3.30. The van der Waals surface area contributed by atoms with Crippen molar-refractivity contribution in [2.75, 3.05) is 31.2 Å². The summed E-state index contributed by atoms with van der Waals surface area (Å²) in [5.74, 6) is -0.243. The van der Waals surface area contributed by atoms with Crippen LogP contribution in [-0.2, 0) is 14.3 Å². The maximum atomic E-state index is 15.8. The highest BCUT2D eigenvalue weighted by atomic mass is 19.1. The van der Waals surface area contributed by atoms with Crippen molar-refractivity contribution in [3.05, 3.63) is 33.9 Å². The van der Waals surface area contributed by atoms with Crippen LogP contribution < -0.4 is 20.5 Å². The number of rotatable bonds is 10. The first-order valence-electron chi connectivity index (χ1n) is 14.3. The predicted octanol–water partition coefficient (Wildman–Crippen LogP) is 5.25. The largest absolute Gasteiger partial charge is 0.493 e. The number of alkyl carbamates (subject to hydrolysis) is 1. The molecule has 0 radical (unpaired) electrons. The van der Waals surface area contributed by atoms with Crippen LogP contribution in [0.1, 0.15) is 78.3 Å². The van der Waals surface area contributed by atoms with Crippen LogP contribution in [0.25, 0.3) is 10.9 Å². The van der Waals surface area contributed by atoms with Crippen LogP contribution in [0, 0.1) is 18.7 Å². The molecule has 9 nitrogen and oxygen atoms in total. The summed E-state index contributed by atoms with van der Waals surface area (Å²) in [6.07, 6.45) is 2.76. The number of halogens is 1. The maximum Gasteiger partial charge on any atom is 0.407 e. The highest BCUT2D eigenvalue weighted by Crippen LogP contribution is 2.42. The molecule has 1 saturated carbocycles. The lowest BCUT2D eigenvalue weighted by Gasteiger charge is -2.27. The standard InChI is InChI=1S/C30H42FN3O6/c1-7-38-26(36)9-8-14-39-24-16-25(35)34(21-10-11-21)27-18(2)28(23(31)15-22(24)27)33-13-12-20(17-33)19(3)32-29(37)40-30(4,5)6/h15-16,19-21H,7-14,17H2,1-6H3,(H,32,37)/t19-,20?/m0/s1. The SMILES string of the molecule is CCOC(=O)CCCOc1cc(=O)n(C2CC2)c2c(C)c(N3CCC([C@H](C)NC(=O)OC(C)(C)C)C3)c(F)cc12. The summed E-state index contributed by atoms with van der Waals surface area (Å²) in [6.45, 7) is 12.7. The molecule has 40 heavy (non-hydrogen) atoms. The summed E-state index contributed by atoms with van der Waals surface area (Å²) in [6, 6.07) is 2.84. The Morgan fingerprint density at radius 1 is 1.20 bits per heavy atom. The van der Waals surface area contributed by atoms with Crippen molar-refractivity contribution in [3.8, 4) is 5.75 Å². The highest BCUT2D eigenvalue weighted by molar-refractivity contribution is 5.92. The molecule has 220 valence electrons. The van der Waals surface area contributed by atoms with E-state index in [1.54, 1.807) is 11.5 Å². The van der Waals surface area contributed by atoms with Crippen molar-refractivity contribution >= 4 is 28.7 Å². The number of amides is 1. The quantitative estimate of drug-likeness (QED) is 0.314. The minimum atomic E-state index is -0.586. The molecule has 1 aliphatic heterocycles. The predicted molar refractivity (Wildman–Crippen MR) is 152 cm³/mol. The van der Waals surface area contributed by atoms with Gasteiger partial charge in [-0.3, -0.25) is 9.59 Å². The number of anilines is 1. The second-order valence-corrected chi connectivity index (χ2v) is 11.9. The van der Waals surface area contributed by atoms with Crippen molar-refractivity contribution in [1.29, 1.82) is 0 Å². The van der Waals surface area contributed by atoms with Crippen LogP contribution in [-0.4, -0.2) is 54.6 Å². The van der Waals surface area contributed by atoms with E-state index in [2.05, 4.69) is 5.32 Å². The number of aryl methyl sites for hydroxylation is 1. The van der Waals surface area contributed by atoms with E-state index in [9.17, 15) is 14.4 Å². The zero-order valence-corrected chi connectivity index (χ0v) is 24.5. The van der Waals surface area contributed by atoms with E-state index in [1.807, 2.05) is 39.5 Å². The number of ether oxygens (including phenoxy) is 3. The lowest BCUT2D eigenvalue weighted by Crippen LogP contribution is -2.42. The van der Waals surface area contributed by atoms with E-state index in [0.29, 0.717) is 54.0 Å². The van der Waals surface area contributed by atoms with Crippen LogP contribution in [0.3, 0.4) is 0 Å². The third-order valence-electron chi connectivity index (χ3n) is 7.45. The summed E-state index contributed by atoms with van der Waals surface area (Å²) in [5, 5.41) is 3.48. The Morgan fingerprint density at radius 2 is 1.93 bits per heavy atom. The van der Waals surface area contributed by atoms with Gasteiger partial charge < -0.3 is 29.0 Å².